The highest BCUT2D eigenvalue weighted by molar-refractivity contribution is 7.89. The van der Waals surface area contributed by atoms with Gasteiger partial charge in [-0.25, -0.2) is 17.5 Å². The van der Waals surface area contributed by atoms with Crippen LogP contribution in [0.5, 0.6) is 5.75 Å². The van der Waals surface area contributed by atoms with E-state index in [4.69, 9.17) is 16.3 Å². The van der Waals surface area contributed by atoms with Crippen molar-refractivity contribution in [2.24, 2.45) is 17.3 Å². The summed E-state index contributed by atoms with van der Waals surface area (Å²) in [5, 5.41) is 0.0483. The summed E-state index contributed by atoms with van der Waals surface area (Å²) in [6.07, 6.45) is 5.17. The Morgan fingerprint density at radius 1 is 1.42 bits per heavy atom. The van der Waals surface area contributed by atoms with Crippen molar-refractivity contribution in [1.82, 2.24) is 4.72 Å². The van der Waals surface area contributed by atoms with Gasteiger partial charge in [0.2, 0.25) is 10.0 Å². The number of nitrogens with one attached hydrogen (secondary N) is 1. The second-order valence-corrected chi connectivity index (χ2v) is 9.73. The fourth-order valence-corrected chi connectivity index (χ4v) is 4.50. The molecular weight excluding hydrogens is 381 g/mol. The number of rotatable bonds is 5. The molecule has 2 unspecified atom stereocenters. The highest BCUT2D eigenvalue weighted by Crippen LogP contribution is 2.59. The molecule has 0 radical (unpaired) electrons. The third-order valence-electron chi connectivity index (χ3n) is 5.52. The number of sulfonamides is 1. The van der Waals surface area contributed by atoms with E-state index in [0.29, 0.717) is 18.4 Å². The number of hydrogen-bond acceptors (Lipinski definition) is 4. The number of hydrogen-bond donors (Lipinski definition) is 1. The lowest BCUT2D eigenvalue weighted by molar-refractivity contribution is -0.0115. The van der Waals surface area contributed by atoms with Gasteiger partial charge in [0, 0.05) is 6.07 Å². The van der Waals surface area contributed by atoms with Gasteiger partial charge in [-0.05, 0) is 41.7 Å². The van der Waals surface area contributed by atoms with Crippen molar-refractivity contribution < 1.29 is 22.3 Å². The van der Waals surface area contributed by atoms with Gasteiger partial charge < -0.3 is 4.74 Å². The van der Waals surface area contributed by atoms with Gasteiger partial charge in [0.15, 0.2) is 0 Å². The Hall–Kier alpha value is -1.60. The van der Waals surface area contributed by atoms with Gasteiger partial charge in [-0.1, -0.05) is 31.5 Å². The number of carbonyl (C=O) groups excluding carboxylic acids is 1. The Bertz CT molecular complexity index is 895. The standard InChI is InChI=1S/C18H21ClFNO4S/c1-18(2)11-5-4-10(13(18)6-11)9-25-16-8-15(20)12(7-14(16)19)17(22)21-26(3,23)24/h4,7-8,11,13H,5-6,9H2,1-3H3,(H,21,22). The van der Waals surface area contributed by atoms with E-state index in [1.807, 2.05) is 0 Å². The molecule has 2 bridgehead atoms. The van der Waals surface area contributed by atoms with Gasteiger partial charge in [-0.2, -0.15) is 0 Å². The van der Waals surface area contributed by atoms with Crippen molar-refractivity contribution in [3.63, 3.8) is 0 Å². The molecule has 3 aliphatic carbocycles. The molecule has 8 heteroatoms. The second kappa shape index (κ2) is 6.53. The highest BCUT2D eigenvalue weighted by Gasteiger charge is 2.51. The first-order chi connectivity index (χ1) is 12.0. The van der Waals surface area contributed by atoms with Crippen LogP contribution in [0.3, 0.4) is 0 Å². The molecule has 1 fully saturated rings. The smallest absolute Gasteiger partial charge is 0.267 e. The number of benzene rings is 1. The second-order valence-electron chi connectivity index (χ2n) is 7.58. The zero-order chi connectivity index (χ0) is 19.3. The first-order valence-electron chi connectivity index (χ1n) is 8.32. The van der Waals surface area contributed by atoms with Crippen LogP contribution in [0.15, 0.2) is 23.8 Å². The molecule has 142 valence electrons. The number of allylic oxidation sites excluding steroid dienone is 1. The van der Waals surface area contributed by atoms with Crippen molar-refractivity contribution in [2.45, 2.75) is 26.7 Å². The maximum atomic E-state index is 14.2. The summed E-state index contributed by atoms with van der Waals surface area (Å²) < 4.78 is 43.9. The van der Waals surface area contributed by atoms with Crippen LogP contribution >= 0.6 is 11.6 Å². The summed E-state index contributed by atoms with van der Waals surface area (Å²) in [4.78, 5) is 11.8. The van der Waals surface area contributed by atoms with Crippen LogP contribution < -0.4 is 9.46 Å². The summed E-state index contributed by atoms with van der Waals surface area (Å²) in [5.41, 5.74) is 0.997. The molecule has 5 nitrogen and oxygen atoms in total. The Balaban J connectivity index is 1.73. The maximum absolute atomic E-state index is 14.2. The molecule has 0 saturated heterocycles. The van der Waals surface area contributed by atoms with Gasteiger partial charge in [-0.15, -0.1) is 0 Å². The molecule has 1 amide bonds. The SMILES string of the molecule is CC1(C)C2CC=C(COc3cc(F)c(C(=O)NS(C)(=O)=O)cc3Cl)C1C2. The first-order valence-corrected chi connectivity index (χ1v) is 10.6. The van der Waals surface area contributed by atoms with Crippen molar-refractivity contribution in [1.29, 1.82) is 0 Å². The van der Waals surface area contributed by atoms with E-state index in [1.54, 1.807) is 4.72 Å². The quantitative estimate of drug-likeness (QED) is 0.766. The highest BCUT2D eigenvalue weighted by atomic mass is 35.5. The molecule has 1 saturated carbocycles. The lowest BCUT2D eigenvalue weighted by Gasteiger charge is -2.56. The van der Waals surface area contributed by atoms with Crippen LogP contribution in [0, 0.1) is 23.1 Å². The minimum atomic E-state index is -3.80. The molecule has 0 aliphatic heterocycles. The molecule has 2 atom stereocenters. The topological polar surface area (TPSA) is 72.5 Å². The largest absolute Gasteiger partial charge is 0.488 e. The molecule has 3 aliphatic rings. The molecule has 1 N–H and O–H groups in total. The summed E-state index contributed by atoms with van der Waals surface area (Å²) in [6.45, 7) is 4.82. The fraction of sp³-hybridized carbons (Fsp3) is 0.500. The zero-order valence-corrected chi connectivity index (χ0v) is 16.4. The maximum Gasteiger partial charge on any atom is 0.267 e. The number of ether oxygens (including phenoxy) is 1. The van der Waals surface area contributed by atoms with E-state index in [-0.39, 0.29) is 16.2 Å². The Labute approximate surface area is 157 Å². The minimum Gasteiger partial charge on any atom is -0.488 e. The third kappa shape index (κ3) is 3.60. The van der Waals surface area contributed by atoms with Crippen molar-refractivity contribution in [3.05, 3.63) is 40.2 Å². The van der Waals surface area contributed by atoms with Gasteiger partial charge in [0.1, 0.15) is 18.2 Å². The normalized spacial score (nSPS) is 23.7. The van der Waals surface area contributed by atoms with Crippen LogP contribution in [0.25, 0.3) is 0 Å². The first kappa shape index (κ1) is 19.2. The summed E-state index contributed by atoms with van der Waals surface area (Å²) in [6, 6.07) is 2.09. The van der Waals surface area contributed by atoms with Crippen LogP contribution in [0.4, 0.5) is 4.39 Å². The molecule has 1 aromatic rings. The third-order valence-corrected chi connectivity index (χ3v) is 6.37. The van der Waals surface area contributed by atoms with Gasteiger partial charge in [0.05, 0.1) is 16.8 Å². The number of carbonyl (C=O) groups is 1. The summed E-state index contributed by atoms with van der Waals surface area (Å²) >= 11 is 6.10. The van der Waals surface area contributed by atoms with Crippen LogP contribution in [-0.4, -0.2) is 27.2 Å². The molecule has 1 aromatic carbocycles. The summed E-state index contributed by atoms with van der Waals surface area (Å²) in [7, 11) is -3.80. The molecular formula is C18H21ClFNO4S. The van der Waals surface area contributed by atoms with E-state index in [1.165, 1.54) is 5.57 Å². The average Bonchev–Trinajstić information content (AvgIpc) is 2.53. The van der Waals surface area contributed by atoms with E-state index in [0.717, 1.165) is 31.2 Å². The van der Waals surface area contributed by atoms with E-state index < -0.39 is 27.3 Å². The van der Waals surface area contributed by atoms with Gasteiger partial charge in [-0.3, -0.25) is 4.79 Å². The zero-order valence-electron chi connectivity index (χ0n) is 14.8. The van der Waals surface area contributed by atoms with Crippen LogP contribution in [-0.2, 0) is 10.0 Å². The van der Waals surface area contributed by atoms with Crippen molar-refractivity contribution in [2.75, 3.05) is 12.9 Å². The minimum absolute atomic E-state index is 0.0483. The molecule has 26 heavy (non-hydrogen) atoms. The summed E-state index contributed by atoms with van der Waals surface area (Å²) in [5.74, 6) is -0.669. The Morgan fingerprint density at radius 2 is 2.12 bits per heavy atom. The monoisotopic (exact) mass is 401 g/mol. The lowest BCUT2D eigenvalue weighted by atomic mass is 9.49. The Morgan fingerprint density at radius 3 is 2.69 bits per heavy atom. The molecule has 4 rings (SSSR count). The number of fused-ring (bicyclic) bond motifs is 1. The molecule has 0 aromatic heterocycles. The van der Waals surface area contributed by atoms with E-state index in [9.17, 15) is 17.6 Å². The lowest BCUT2D eigenvalue weighted by Crippen LogP contribution is -2.48. The Kier molecular flexibility index (Phi) is 4.82. The molecule has 0 heterocycles. The van der Waals surface area contributed by atoms with E-state index >= 15 is 0 Å². The fourth-order valence-electron chi connectivity index (χ4n) is 3.84. The molecule has 0 spiro atoms. The number of amides is 1. The van der Waals surface area contributed by atoms with Crippen LogP contribution in [0.2, 0.25) is 5.02 Å². The van der Waals surface area contributed by atoms with E-state index in [2.05, 4.69) is 19.9 Å². The van der Waals surface area contributed by atoms with Gasteiger partial charge in [0.25, 0.3) is 5.91 Å². The predicted molar refractivity (Wildman–Crippen MR) is 97.3 cm³/mol. The van der Waals surface area contributed by atoms with Crippen LogP contribution in [0.1, 0.15) is 37.0 Å². The predicted octanol–water partition coefficient (Wildman–Crippen LogP) is 3.54. The average molecular weight is 402 g/mol. The van der Waals surface area contributed by atoms with Crippen molar-refractivity contribution >= 4 is 27.5 Å². The van der Waals surface area contributed by atoms with Gasteiger partial charge >= 0.3 is 0 Å². The van der Waals surface area contributed by atoms with Crippen molar-refractivity contribution in [3.8, 4) is 5.75 Å². The number of halogens is 2.